The molecule has 0 aliphatic carbocycles. The average molecular weight is 328 g/mol. The number of benzene rings is 2. The predicted octanol–water partition coefficient (Wildman–Crippen LogP) is 3.50. The molecule has 0 saturated carbocycles. The minimum Gasteiger partial charge on any atom is -0.505 e. The third-order valence-electron chi connectivity index (χ3n) is 3.45. The summed E-state index contributed by atoms with van der Waals surface area (Å²) in [6.45, 7) is 0.171. The highest BCUT2D eigenvalue weighted by atomic mass is 16.6. The van der Waals surface area contributed by atoms with Crippen LogP contribution in [0.2, 0.25) is 0 Å². The minimum absolute atomic E-state index is 0.171. The van der Waals surface area contributed by atoms with Crippen molar-refractivity contribution < 1.29 is 29.2 Å². The number of rotatable bonds is 6. The zero-order valence-corrected chi connectivity index (χ0v) is 12.7. The summed E-state index contributed by atoms with van der Waals surface area (Å²) in [5.41, 5.74) is 0. The fourth-order valence-corrected chi connectivity index (χ4v) is 2.24. The molecule has 2 N–H and O–H groups in total. The summed E-state index contributed by atoms with van der Waals surface area (Å²) >= 11 is 0. The molecule has 0 spiro atoms. The van der Waals surface area contributed by atoms with Crippen LogP contribution in [-0.4, -0.2) is 28.9 Å². The van der Waals surface area contributed by atoms with Crippen molar-refractivity contribution in [3.05, 3.63) is 66.1 Å². The lowest BCUT2D eigenvalue weighted by molar-refractivity contribution is -0.142. The van der Waals surface area contributed by atoms with Crippen LogP contribution in [0.1, 0.15) is 6.42 Å². The van der Waals surface area contributed by atoms with Gasteiger partial charge in [0.1, 0.15) is 5.75 Å². The van der Waals surface area contributed by atoms with Gasteiger partial charge in [-0.3, -0.25) is 0 Å². The van der Waals surface area contributed by atoms with Crippen molar-refractivity contribution in [2.75, 3.05) is 6.61 Å². The molecule has 1 heterocycles. The number of cyclic esters (lactones) is 1. The van der Waals surface area contributed by atoms with Crippen molar-refractivity contribution >= 4 is 5.97 Å². The summed E-state index contributed by atoms with van der Waals surface area (Å²) in [6, 6.07) is 16.5. The summed E-state index contributed by atoms with van der Waals surface area (Å²) in [7, 11) is 0. The number of carbonyl (C=O) groups is 1. The number of esters is 1. The number of ether oxygens (including phenoxy) is 3. The topological polar surface area (TPSA) is 85.2 Å². The Kier molecular flexibility index (Phi) is 4.56. The number of para-hydroxylation sites is 3. The lowest BCUT2D eigenvalue weighted by Gasteiger charge is -2.14. The smallest absolute Gasteiger partial charge is 0.377 e. The number of hydrogen-bond donors (Lipinski definition) is 2. The van der Waals surface area contributed by atoms with E-state index >= 15 is 0 Å². The van der Waals surface area contributed by atoms with E-state index in [4.69, 9.17) is 14.2 Å². The summed E-state index contributed by atoms with van der Waals surface area (Å²) < 4.78 is 16.3. The lowest BCUT2D eigenvalue weighted by Crippen LogP contribution is -2.15. The molecule has 0 aromatic heterocycles. The zero-order chi connectivity index (χ0) is 16.9. The molecule has 1 atom stereocenters. The predicted molar refractivity (Wildman–Crippen MR) is 85.2 cm³/mol. The maximum Gasteiger partial charge on any atom is 0.377 e. The first-order valence-electron chi connectivity index (χ1n) is 7.43. The normalized spacial score (nSPS) is 16.8. The summed E-state index contributed by atoms with van der Waals surface area (Å²) in [6.07, 6.45) is -0.680. The Labute approximate surface area is 138 Å². The van der Waals surface area contributed by atoms with Crippen molar-refractivity contribution in [2.24, 2.45) is 0 Å². The molecule has 0 fully saturated rings. The van der Waals surface area contributed by atoms with E-state index < -0.39 is 23.6 Å². The first-order valence-corrected chi connectivity index (χ1v) is 7.43. The van der Waals surface area contributed by atoms with E-state index in [0.29, 0.717) is 17.2 Å². The van der Waals surface area contributed by atoms with Gasteiger partial charge in [0.05, 0.1) is 6.61 Å². The maximum atomic E-state index is 11.1. The number of aliphatic hydroxyl groups is 2. The number of hydrogen-bond acceptors (Lipinski definition) is 6. The molecule has 124 valence electrons. The van der Waals surface area contributed by atoms with Crippen molar-refractivity contribution in [1.82, 2.24) is 0 Å². The van der Waals surface area contributed by atoms with Crippen LogP contribution in [0.4, 0.5) is 0 Å². The van der Waals surface area contributed by atoms with Gasteiger partial charge in [0, 0.05) is 6.42 Å². The van der Waals surface area contributed by atoms with Crippen LogP contribution in [0.3, 0.4) is 0 Å². The van der Waals surface area contributed by atoms with E-state index in [1.807, 2.05) is 42.5 Å². The fraction of sp³-hybridized carbons (Fsp3) is 0.167. The van der Waals surface area contributed by atoms with Crippen LogP contribution in [0.25, 0.3) is 0 Å². The molecular formula is C18H16O6. The van der Waals surface area contributed by atoms with E-state index in [1.165, 1.54) is 0 Å². The fourth-order valence-electron chi connectivity index (χ4n) is 2.24. The molecule has 0 saturated heterocycles. The van der Waals surface area contributed by atoms with Gasteiger partial charge in [0.2, 0.25) is 5.76 Å². The van der Waals surface area contributed by atoms with Gasteiger partial charge in [-0.25, -0.2) is 4.79 Å². The van der Waals surface area contributed by atoms with Gasteiger partial charge in [-0.1, -0.05) is 30.3 Å². The van der Waals surface area contributed by atoms with Crippen molar-refractivity contribution in [3.8, 4) is 17.2 Å². The molecule has 1 aliphatic rings. The van der Waals surface area contributed by atoms with Crippen LogP contribution in [0.5, 0.6) is 17.2 Å². The van der Waals surface area contributed by atoms with Crippen LogP contribution < -0.4 is 9.47 Å². The van der Waals surface area contributed by atoms with E-state index in [0.717, 1.165) is 0 Å². The number of carbonyl (C=O) groups excluding carboxylic acids is 1. The standard InChI is InChI=1S/C18H16O6/c19-16-15(24-18(21)17(16)20)10-11-22-13-8-4-5-9-14(13)23-12-6-2-1-3-7-12/h1-9,15,19-20H,10-11H2. The summed E-state index contributed by atoms with van der Waals surface area (Å²) in [5.74, 6) is -0.368. The molecule has 2 aromatic carbocycles. The van der Waals surface area contributed by atoms with Gasteiger partial charge in [-0.15, -0.1) is 0 Å². The molecule has 1 aliphatic heterocycles. The zero-order valence-electron chi connectivity index (χ0n) is 12.7. The maximum absolute atomic E-state index is 11.1. The Morgan fingerprint density at radius 1 is 0.958 bits per heavy atom. The Morgan fingerprint density at radius 3 is 2.29 bits per heavy atom. The highest BCUT2D eigenvalue weighted by Gasteiger charge is 2.34. The quantitative estimate of drug-likeness (QED) is 0.790. The van der Waals surface area contributed by atoms with Gasteiger partial charge < -0.3 is 24.4 Å². The van der Waals surface area contributed by atoms with Gasteiger partial charge in [0.15, 0.2) is 23.4 Å². The Morgan fingerprint density at radius 2 is 1.62 bits per heavy atom. The summed E-state index contributed by atoms with van der Waals surface area (Å²) in [4.78, 5) is 11.1. The molecular weight excluding hydrogens is 312 g/mol. The highest BCUT2D eigenvalue weighted by molar-refractivity contribution is 5.88. The second kappa shape index (κ2) is 6.95. The Hall–Kier alpha value is -3.15. The van der Waals surface area contributed by atoms with Crippen LogP contribution in [0.15, 0.2) is 66.1 Å². The van der Waals surface area contributed by atoms with Crippen molar-refractivity contribution in [1.29, 1.82) is 0 Å². The highest BCUT2D eigenvalue weighted by Crippen LogP contribution is 2.31. The van der Waals surface area contributed by atoms with Crippen molar-refractivity contribution in [2.45, 2.75) is 12.5 Å². The molecule has 0 bridgehead atoms. The first kappa shape index (κ1) is 15.7. The molecule has 6 heteroatoms. The number of aliphatic hydroxyl groups excluding tert-OH is 2. The van der Waals surface area contributed by atoms with Gasteiger partial charge in [-0.05, 0) is 24.3 Å². The Bertz CT molecular complexity index is 753. The van der Waals surface area contributed by atoms with E-state index in [-0.39, 0.29) is 13.0 Å². The molecule has 0 radical (unpaired) electrons. The molecule has 6 nitrogen and oxygen atoms in total. The first-order chi connectivity index (χ1) is 11.6. The van der Waals surface area contributed by atoms with Crippen LogP contribution in [0, 0.1) is 0 Å². The van der Waals surface area contributed by atoms with Crippen LogP contribution >= 0.6 is 0 Å². The summed E-state index contributed by atoms with van der Waals surface area (Å²) in [5, 5.41) is 18.8. The molecule has 0 amide bonds. The van der Waals surface area contributed by atoms with E-state index in [9.17, 15) is 15.0 Å². The van der Waals surface area contributed by atoms with Crippen molar-refractivity contribution in [3.63, 3.8) is 0 Å². The lowest BCUT2D eigenvalue weighted by atomic mass is 10.2. The molecule has 3 rings (SSSR count). The SMILES string of the molecule is O=C1OC(CCOc2ccccc2Oc2ccccc2)C(O)=C1O. The third kappa shape index (κ3) is 3.43. The largest absolute Gasteiger partial charge is 0.505 e. The van der Waals surface area contributed by atoms with E-state index in [2.05, 4.69) is 0 Å². The molecule has 1 unspecified atom stereocenters. The Balaban J connectivity index is 1.61. The second-order valence-electron chi connectivity index (χ2n) is 5.13. The second-order valence-corrected chi connectivity index (χ2v) is 5.13. The van der Waals surface area contributed by atoms with Gasteiger partial charge in [0.25, 0.3) is 0 Å². The van der Waals surface area contributed by atoms with Gasteiger partial charge >= 0.3 is 5.97 Å². The van der Waals surface area contributed by atoms with E-state index in [1.54, 1.807) is 12.1 Å². The average Bonchev–Trinajstić information content (AvgIpc) is 2.84. The van der Waals surface area contributed by atoms with Crippen LogP contribution in [-0.2, 0) is 9.53 Å². The van der Waals surface area contributed by atoms with Gasteiger partial charge in [-0.2, -0.15) is 0 Å². The molecule has 24 heavy (non-hydrogen) atoms. The molecule has 2 aromatic rings. The minimum atomic E-state index is -0.926. The third-order valence-corrected chi connectivity index (χ3v) is 3.45. The monoisotopic (exact) mass is 328 g/mol.